The second-order valence-corrected chi connectivity index (χ2v) is 5.14. The zero-order chi connectivity index (χ0) is 14.8. The number of hydrogen-bond donors (Lipinski definition) is 1. The summed E-state index contributed by atoms with van der Waals surface area (Å²) in [4.78, 5) is 0. The molecule has 0 saturated heterocycles. The van der Waals surface area contributed by atoms with Crippen LogP contribution in [0.2, 0.25) is 0 Å². The molecule has 1 aromatic carbocycles. The maximum absolute atomic E-state index is 5.47. The van der Waals surface area contributed by atoms with Crippen LogP contribution in [0, 0.1) is 13.8 Å². The average molecular weight is 281 g/mol. The first-order valence-electron chi connectivity index (χ1n) is 7.00. The summed E-state index contributed by atoms with van der Waals surface area (Å²) in [6, 6.07) is 10.3. The van der Waals surface area contributed by atoms with Gasteiger partial charge in [-0.15, -0.1) is 0 Å². The van der Waals surface area contributed by atoms with Crippen LogP contribution in [0.15, 0.2) is 42.7 Å². The van der Waals surface area contributed by atoms with Crippen LogP contribution in [-0.2, 0) is 6.54 Å². The smallest absolute Gasteiger partial charge is 0.126 e. The van der Waals surface area contributed by atoms with Gasteiger partial charge in [0.2, 0.25) is 0 Å². The molecule has 0 atom stereocenters. The number of methoxy groups -OCH3 is 1. The Hall–Kier alpha value is -2.49. The number of ether oxygens (including phenoxy) is 1. The lowest BCUT2D eigenvalue weighted by atomic mass is 10.1. The monoisotopic (exact) mass is 281 g/mol. The largest absolute Gasteiger partial charge is 0.496 e. The molecule has 0 saturated carbocycles. The number of nitrogens with zero attached hydrogens (tertiary/aromatic N) is 2. The number of benzene rings is 1. The van der Waals surface area contributed by atoms with Crippen LogP contribution in [0.5, 0.6) is 5.75 Å². The molecule has 0 unspecified atom stereocenters. The van der Waals surface area contributed by atoms with Crippen LogP contribution in [0.1, 0.15) is 16.7 Å². The van der Waals surface area contributed by atoms with E-state index >= 15 is 0 Å². The molecule has 21 heavy (non-hydrogen) atoms. The van der Waals surface area contributed by atoms with Gasteiger partial charge in [-0.05, 0) is 37.6 Å². The molecule has 0 aliphatic rings. The highest BCUT2D eigenvalue weighted by molar-refractivity contribution is 5.61. The van der Waals surface area contributed by atoms with Gasteiger partial charge in [0.15, 0.2) is 0 Å². The van der Waals surface area contributed by atoms with Crippen LogP contribution in [0.4, 0.5) is 5.69 Å². The van der Waals surface area contributed by atoms with Crippen LogP contribution in [0.3, 0.4) is 0 Å². The second-order valence-electron chi connectivity index (χ2n) is 5.14. The highest BCUT2D eigenvalue weighted by Gasteiger charge is 2.09. The number of aromatic nitrogens is 2. The molecule has 0 bridgehead atoms. The van der Waals surface area contributed by atoms with E-state index in [1.165, 1.54) is 5.56 Å². The Morgan fingerprint density at radius 3 is 2.86 bits per heavy atom. The number of pyridine rings is 1. The topological polar surface area (TPSA) is 38.6 Å². The second kappa shape index (κ2) is 5.48. The van der Waals surface area contributed by atoms with Crippen molar-refractivity contribution in [3.63, 3.8) is 0 Å². The van der Waals surface area contributed by atoms with Crippen molar-refractivity contribution in [1.29, 1.82) is 0 Å². The van der Waals surface area contributed by atoms with Gasteiger partial charge in [-0.3, -0.25) is 0 Å². The maximum atomic E-state index is 5.47. The number of anilines is 1. The van der Waals surface area contributed by atoms with Gasteiger partial charge in [0.1, 0.15) is 5.75 Å². The third-order valence-corrected chi connectivity index (χ3v) is 3.78. The van der Waals surface area contributed by atoms with E-state index < -0.39 is 0 Å². The molecule has 108 valence electrons. The molecule has 0 amide bonds. The van der Waals surface area contributed by atoms with Gasteiger partial charge in [0.05, 0.1) is 18.8 Å². The van der Waals surface area contributed by atoms with E-state index in [0.717, 1.165) is 34.6 Å². The fraction of sp³-hybridized carbons (Fsp3) is 0.235. The Morgan fingerprint density at radius 2 is 2.05 bits per heavy atom. The number of rotatable bonds is 4. The molecule has 3 rings (SSSR count). The van der Waals surface area contributed by atoms with E-state index in [1.54, 1.807) is 7.11 Å². The zero-order valence-electron chi connectivity index (χ0n) is 12.6. The first-order chi connectivity index (χ1) is 10.2. The summed E-state index contributed by atoms with van der Waals surface area (Å²) in [6.45, 7) is 4.87. The normalized spacial score (nSPS) is 10.8. The van der Waals surface area contributed by atoms with Gasteiger partial charge >= 0.3 is 0 Å². The average Bonchev–Trinajstić information content (AvgIpc) is 2.90. The van der Waals surface area contributed by atoms with Crippen LogP contribution in [-0.4, -0.2) is 16.7 Å². The molecule has 0 aliphatic carbocycles. The SMILES string of the molecule is COc1c(C)ccc(NCc2cnn3ccccc23)c1C. The van der Waals surface area contributed by atoms with E-state index in [2.05, 4.69) is 42.5 Å². The van der Waals surface area contributed by atoms with Crippen molar-refractivity contribution in [2.45, 2.75) is 20.4 Å². The first-order valence-corrected chi connectivity index (χ1v) is 7.00. The molecule has 2 heterocycles. The van der Waals surface area contributed by atoms with Gasteiger partial charge in [-0.2, -0.15) is 5.10 Å². The summed E-state index contributed by atoms with van der Waals surface area (Å²) in [5.74, 6) is 0.944. The lowest BCUT2D eigenvalue weighted by Gasteiger charge is -2.14. The fourth-order valence-corrected chi connectivity index (χ4v) is 2.65. The zero-order valence-corrected chi connectivity index (χ0v) is 12.6. The molecule has 4 heteroatoms. The van der Waals surface area contributed by atoms with E-state index in [1.807, 2.05) is 29.0 Å². The predicted molar refractivity (Wildman–Crippen MR) is 85.0 cm³/mol. The molecule has 4 nitrogen and oxygen atoms in total. The molecule has 1 N–H and O–H groups in total. The van der Waals surface area contributed by atoms with Crippen LogP contribution in [0.25, 0.3) is 5.52 Å². The highest BCUT2D eigenvalue weighted by Crippen LogP contribution is 2.29. The molecular weight excluding hydrogens is 262 g/mol. The van der Waals surface area contributed by atoms with Gasteiger partial charge in [-0.25, -0.2) is 4.52 Å². The number of aryl methyl sites for hydroxylation is 1. The van der Waals surface area contributed by atoms with E-state index in [0.29, 0.717) is 0 Å². The Bertz CT molecular complexity index is 777. The number of fused-ring (bicyclic) bond motifs is 1. The van der Waals surface area contributed by atoms with Gasteiger partial charge < -0.3 is 10.1 Å². The third kappa shape index (κ3) is 2.44. The molecule has 0 aliphatic heterocycles. The summed E-state index contributed by atoms with van der Waals surface area (Å²) in [6.07, 6.45) is 3.86. The minimum Gasteiger partial charge on any atom is -0.496 e. The molecule has 0 spiro atoms. The number of hydrogen-bond acceptors (Lipinski definition) is 3. The molecule has 0 fully saturated rings. The van der Waals surface area contributed by atoms with Crippen LogP contribution < -0.4 is 10.1 Å². The van der Waals surface area contributed by atoms with Gasteiger partial charge in [-0.1, -0.05) is 12.1 Å². The van der Waals surface area contributed by atoms with E-state index in [4.69, 9.17) is 4.74 Å². The quantitative estimate of drug-likeness (QED) is 0.794. The minimum atomic E-state index is 0.737. The maximum Gasteiger partial charge on any atom is 0.126 e. The first kappa shape index (κ1) is 13.5. The van der Waals surface area contributed by atoms with Crippen molar-refractivity contribution in [3.05, 3.63) is 59.4 Å². The van der Waals surface area contributed by atoms with Gasteiger partial charge in [0.25, 0.3) is 0 Å². The lowest BCUT2D eigenvalue weighted by molar-refractivity contribution is 0.409. The standard InChI is InChI=1S/C17H19N3O/c1-12-7-8-15(13(2)17(12)21-3)18-10-14-11-19-20-9-5-4-6-16(14)20/h4-9,11,18H,10H2,1-3H3. The Labute approximate surface area is 124 Å². The summed E-state index contributed by atoms with van der Waals surface area (Å²) < 4.78 is 7.36. The Morgan fingerprint density at radius 1 is 1.19 bits per heavy atom. The third-order valence-electron chi connectivity index (χ3n) is 3.78. The van der Waals surface area contributed by atoms with Crippen molar-refractivity contribution in [3.8, 4) is 5.75 Å². The van der Waals surface area contributed by atoms with Crippen molar-refractivity contribution >= 4 is 11.2 Å². The van der Waals surface area contributed by atoms with Crippen molar-refractivity contribution in [2.75, 3.05) is 12.4 Å². The minimum absolute atomic E-state index is 0.737. The summed E-state index contributed by atoms with van der Waals surface area (Å²) >= 11 is 0. The molecular formula is C17H19N3O. The number of nitrogens with one attached hydrogen (secondary N) is 1. The highest BCUT2D eigenvalue weighted by atomic mass is 16.5. The van der Waals surface area contributed by atoms with Gasteiger partial charge in [0, 0.05) is 29.6 Å². The lowest BCUT2D eigenvalue weighted by Crippen LogP contribution is -2.02. The van der Waals surface area contributed by atoms with E-state index in [-0.39, 0.29) is 0 Å². The Balaban J connectivity index is 1.85. The summed E-state index contributed by atoms with van der Waals surface area (Å²) in [7, 11) is 1.71. The predicted octanol–water partition coefficient (Wildman–Crippen LogP) is 3.57. The fourth-order valence-electron chi connectivity index (χ4n) is 2.65. The molecule has 0 radical (unpaired) electrons. The van der Waals surface area contributed by atoms with E-state index in [9.17, 15) is 0 Å². The van der Waals surface area contributed by atoms with Crippen molar-refractivity contribution in [1.82, 2.24) is 9.61 Å². The van der Waals surface area contributed by atoms with Crippen molar-refractivity contribution in [2.24, 2.45) is 0 Å². The Kier molecular flexibility index (Phi) is 3.52. The molecule has 2 aromatic heterocycles. The van der Waals surface area contributed by atoms with Crippen LogP contribution >= 0.6 is 0 Å². The summed E-state index contributed by atoms with van der Waals surface area (Å²) in [5, 5.41) is 7.83. The summed E-state index contributed by atoms with van der Waals surface area (Å²) in [5.41, 5.74) is 5.68. The molecule has 3 aromatic rings. The van der Waals surface area contributed by atoms with Crippen molar-refractivity contribution < 1.29 is 4.74 Å².